The molecule has 3 aromatic rings. The molecule has 2 aromatic carbocycles. The first-order chi connectivity index (χ1) is 19.3. The third-order valence-electron chi connectivity index (χ3n) is 6.80. The molecule has 212 valence electrons. The van der Waals surface area contributed by atoms with Gasteiger partial charge < -0.3 is 28.6 Å². The molecular formula is C32H37NO7. The molecule has 1 aliphatic rings. The number of amides is 1. The molecule has 4 rings (SSSR count). The van der Waals surface area contributed by atoms with Crippen LogP contribution in [-0.4, -0.2) is 42.0 Å². The van der Waals surface area contributed by atoms with Gasteiger partial charge in [0.25, 0.3) is 11.7 Å². The fraction of sp³-hybridized carbons (Fsp3) is 0.375. The van der Waals surface area contributed by atoms with Crippen molar-refractivity contribution in [3.05, 3.63) is 83.3 Å². The first-order valence-corrected chi connectivity index (χ1v) is 13.7. The zero-order valence-electron chi connectivity index (χ0n) is 23.5. The van der Waals surface area contributed by atoms with E-state index < -0.39 is 17.7 Å². The van der Waals surface area contributed by atoms with Crippen molar-refractivity contribution in [2.45, 2.75) is 52.6 Å². The second-order valence-electron chi connectivity index (χ2n) is 10.2. The largest absolute Gasteiger partial charge is 0.507 e. The number of carbonyl (C=O) groups excluding carboxylic acids is 2. The lowest BCUT2D eigenvalue weighted by Crippen LogP contribution is -2.29. The van der Waals surface area contributed by atoms with Gasteiger partial charge in [-0.25, -0.2) is 0 Å². The molecule has 2 heterocycles. The number of aliphatic hydroxyl groups is 1. The van der Waals surface area contributed by atoms with Crippen molar-refractivity contribution >= 4 is 17.4 Å². The van der Waals surface area contributed by atoms with Crippen LogP contribution >= 0.6 is 0 Å². The average Bonchev–Trinajstić information content (AvgIpc) is 3.55. The molecule has 0 radical (unpaired) electrons. The van der Waals surface area contributed by atoms with E-state index >= 15 is 0 Å². The number of Topliss-reactive ketones (excluding diaryl/α,β-unsaturated/α-hetero) is 1. The smallest absolute Gasteiger partial charge is 0.296 e. The molecule has 1 saturated heterocycles. The Morgan fingerprint density at radius 3 is 2.45 bits per heavy atom. The highest BCUT2D eigenvalue weighted by atomic mass is 16.5. The van der Waals surface area contributed by atoms with E-state index in [2.05, 4.69) is 20.8 Å². The standard InChI is InChI=1S/C32H37NO7/c1-5-6-16-38-24-12-9-22(10-13-24)30(34)28-29(33(32(36)31(28)35)20-25-8-7-17-39-25)23-11-14-26(27(19-23)37-4)40-18-15-21(2)3/h7-14,17,19,21,29,34H,5-6,15-16,18,20H2,1-4H3/t29-/m0/s1. The summed E-state index contributed by atoms with van der Waals surface area (Å²) in [6.45, 7) is 7.52. The second-order valence-corrected chi connectivity index (χ2v) is 10.2. The third kappa shape index (κ3) is 6.50. The summed E-state index contributed by atoms with van der Waals surface area (Å²) in [6, 6.07) is 14.7. The summed E-state index contributed by atoms with van der Waals surface area (Å²) in [5, 5.41) is 11.4. The highest BCUT2D eigenvalue weighted by Crippen LogP contribution is 2.43. The van der Waals surface area contributed by atoms with Crippen LogP contribution in [0.15, 0.2) is 70.9 Å². The molecular weight excluding hydrogens is 510 g/mol. The fourth-order valence-corrected chi connectivity index (χ4v) is 4.54. The van der Waals surface area contributed by atoms with Gasteiger partial charge in [0.2, 0.25) is 0 Å². The second kappa shape index (κ2) is 13.2. The summed E-state index contributed by atoms with van der Waals surface area (Å²) >= 11 is 0. The number of ether oxygens (including phenoxy) is 3. The lowest BCUT2D eigenvalue weighted by molar-refractivity contribution is -0.140. The number of ketones is 1. The Bertz CT molecular complexity index is 1330. The van der Waals surface area contributed by atoms with Gasteiger partial charge in [-0.05, 0) is 72.9 Å². The Kier molecular flexibility index (Phi) is 9.53. The van der Waals surface area contributed by atoms with Crippen LogP contribution in [0.5, 0.6) is 17.2 Å². The highest BCUT2D eigenvalue weighted by Gasteiger charge is 2.46. The van der Waals surface area contributed by atoms with Crippen molar-refractivity contribution in [2.24, 2.45) is 5.92 Å². The van der Waals surface area contributed by atoms with Gasteiger partial charge in [0, 0.05) is 5.56 Å². The number of hydrogen-bond acceptors (Lipinski definition) is 7. The Labute approximate surface area is 235 Å². The van der Waals surface area contributed by atoms with Crippen molar-refractivity contribution in [3.63, 3.8) is 0 Å². The van der Waals surface area contributed by atoms with Crippen molar-refractivity contribution in [2.75, 3.05) is 20.3 Å². The van der Waals surface area contributed by atoms with Gasteiger partial charge in [0.1, 0.15) is 17.3 Å². The molecule has 0 aliphatic carbocycles. The van der Waals surface area contributed by atoms with Gasteiger partial charge in [-0.15, -0.1) is 0 Å². The van der Waals surface area contributed by atoms with Crippen LogP contribution in [0.3, 0.4) is 0 Å². The molecule has 1 atom stereocenters. The van der Waals surface area contributed by atoms with E-state index in [9.17, 15) is 14.7 Å². The normalized spacial score (nSPS) is 16.5. The first kappa shape index (κ1) is 28.8. The van der Waals surface area contributed by atoms with Crippen LogP contribution in [0.2, 0.25) is 0 Å². The summed E-state index contributed by atoms with van der Waals surface area (Å²) in [7, 11) is 1.54. The fourth-order valence-electron chi connectivity index (χ4n) is 4.54. The summed E-state index contributed by atoms with van der Waals surface area (Å²) in [4.78, 5) is 28.1. The molecule has 1 aliphatic heterocycles. The van der Waals surface area contributed by atoms with Gasteiger partial charge >= 0.3 is 0 Å². The van der Waals surface area contributed by atoms with Crippen LogP contribution in [0, 0.1) is 5.92 Å². The number of carbonyl (C=O) groups is 2. The maximum Gasteiger partial charge on any atom is 0.296 e. The highest BCUT2D eigenvalue weighted by molar-refractivity contribution is 6.46. The number of aliphatic hydroxyl groups excluding tert-OH is 1. The Hall–Kier alpha value is -4.20. The number of nitrogens with zero attached hydrogens (tertiary/aromatic N) is 1. The van der Waals surface area contributed by atoms with Gasteiger partial charge in [-0.1, -0.05) is 33.3 Å². The van der Waals surface area contributed by atoms with Gasteiger partial charge in [0.05, 0.1) is 44.7 Å². The quantitative estimate of drug-likeness (QED) is 0.113. The van der Waals surface area contributed by atoms with Gasteiger partial charge in [-0.3, -0.25) is 9.59 Å². The van der Waals surface area contributed by atoms with Crippen LogP contribution in [0.4, 0.5) is 0 Å². The molecule has 1 N–H and O–H groups in total. The van der Waals surface area contributed by atoms with E-state index in [-0.39, 0.29) is 17.9 Å². The zero-order chi connectivity index (χ0) is 28.6. The van der Waals surface area contributed by atoms with Crippen LogP contribution in [-0.2, 0) is 16.1 Å². The number of methoxy groups -OCH3 is 1. The number of likely N-dealkylation sites (tertiary alicyclic amines) is 1. The predicted octanol–water partition coefficient (Wildman–Crippen LogP) is 6.51. The van der Waals surface area contributed by atoms with Crippen molar-refractivity contribution in [3.8, 4) is 17.2 Å². The number of furan rings is 1. The Morgan fingerprint density at radius 2 is 1.80 bits per heavy atom. The van der Waals surface area contributed by atoms with E-state index in [1.165, 1.54) is 11.2 Å². The monoisotopic (exact) mass is 547 g/mol. The maximum absolute atomic E-state index is 13.4. The third-order valence-corrected chi connectivity index (χ3v) is 6.80. The lowest BCUT2D eigenvalue weighted by Gasteiger charge is -2.25. The topological polar surface area (TPSA) is 98.4 Å². The number of unbranched alkanes of at least 4 members (excludes halogenated alkanes) is 1. The van der Waals surface area contributed by atoms with Crippen molar-refractivity contribution < 1.29 is 33.3 Å². The minimum atomic E-state index is -0.871. The van der Waals surface area contributed by atoms with Crippen molar-refractivity contribution in [1.82, 2.24) is 4.90 Å². The molecule has 1 aromatic heterocycles. The SMILES string of the molecule is CCCCOc1ccc(C(O)=C2C(=O)C(=O)N(Cc3ccco3)[C@H]2c2ccc(OCCC(C)C)c(OC)c2)cc1. The first-order valence-electron chi connectivity index (χ1n) is 13.7. The molecule has 0 bridgehead atoms. The van der Waals surface area contributed by atoms with E-state index in [0.717, 1.165) is 19.3 Å². The molecule has 8 nitrogen and oxygen atoms in total. The van der Waals surface area contributed by atoms with E-state index in [1.807, 2.05) is 0 Å². The summed E-state index contributed by atoms with van der Waals surface area (Å²) in [5.41, 5.74) is 0.996. The molecule has 0 saturated carbocycles. The summed E-state index contributed by atoms with van der Waals surface area (Å²) in [5.74, 6) is 0.947. The molecule has 1 amide bonds. The molecule has 0 spiro atoms. The van der Waals surface area contributed by atoms with Crippen LogP contribution in [0.1, 0.15) is 63.0 Å². The minimum absolute atomic E-state index is 0.00765. The maximum atomic E-state index is 13.4. The van der Waals surface area contributed by atoms with Gasteiger partial charge in [-0.2, -0.15) is 0 Å². The number of rotatable bonds is 13. The van der Waals surface area contributed by atoms with E-state index in [0.29, 0.717) is 53.3 Å². The Balaban J connectivity index is 1.73. The molecule has 8 heteroatoms. The molecule has 0 unspecified atom stereocenters. The van der Waals surface area contributed by atoms with Crippen LogP contribution < -0.4 is 14.2 Å². The summed E-state index contributed by atoms with van der Waals surface area (Å²) in [6.07, 6.45) is 4.35. The number of benzene rings is 2. The van der Waals surface area contributed by atoms with E-state index in [4.69, 9.17) is 18.6 Å². The van der Waals surface area contributed by atoms with Crippen molar-refractivity contribution in [1.29, 1.82) is 0 Å². The zero-order valence-corrected chi connectivity index (χ0v) is 23.5. The minimum Gasteiger partial charge on any atom is -0.507 e. The molecule has 1 fully saturated rings. The number of hydrogen-bond donors (Lipinski definition) is 1. The van der Waals surface area contributed by atoms with Crippen LogP contribution in [0.25, 0.3) is 5.76 Å². The van der Waals surface area contributed by atoms with Gasteiger partial charge in [0.15, 0.2) is 11.5 Å². The lowest BCUT2D eigenvalue weighted by atomic mass is 9.95. The summed E-state index contributed by atoms with van der Waals surface area (Å²) < 4.78 is 22.8. The molecule has 40 heavy (non-hydrogen) atoms. The van der Waals surface area contributed by atoms with E-state index in [1.54, 1.807) is 61.7 Å². The predicted molar refractivity (Wildman–Crippen MR) is 151 cm³/mol. The Morgan fingerprint density at radius 1 is 1.02 bits per heavy atom. The average molecular weight is 548 g/mol.